The fraction of sp³-hybridized carbons (Fsp3) is 0.250. The first kappa shape index (κ1) is 11.3. The topological polar surface area (TPSA) is 56.7 Å². The maximum atomic E-state index is 12.5. The summed E-state index contributed by atoms with van der Waals surface area (Å²) in [5.74, 6) is 0.714. The summed E-state index contributed by atoms with van der Waals surface area (Å²) in [6.45, 7) is -2.55. The lowest BCUT2D eigenvalue weighted by Crippen LogP contribution is -2.01. The van der Waals surface area contributed by atoms with Crippen LogP contribution in [0.15, 0.2) is 22.8 Å². The van der Waals surface area contributed by atoms with Gasteiger partial charge in [0, 0.05) is 12.4 Å². The zero-order valence-electron chi connectivity index (χ0n) is 8.01. The van der Waals surface area contributed by atoms with E-state index in [1.54, 1.807) is 6.20 Å². The zero-order chi connectivity index (χ0) is 11.5. The van der Waals surface area contributed by atoms with E-state index in [-0.39, 0.29) is 0 Å². The molecule has 16 heavy (non-hydrogen) atoms. The Bertz CT molecular complexity index is 468. The zero-order valence-corrected chi connectivity index (χ0v) is 9.64. The predicted octanol–water partition coefficient (Wildman–Crippen LogP) is 2.61. The van der Waals surface area contributed by atoms with E-state index in [4.69, 9.17) is 5.73 Å². The second kappa shape index (κ2) is 4.79. The molecule has 2 heterocycles. The van der Waals surface area contributed by atoms with Crippen LogP contribution in [0.2, 0.25) is 0 Å². The fourth-order valence-corrected chi connectivity index (χ4v) is 2.82. The summed E-state index contributed by atoms with van der Waals surface area (Å²) in [7, 11) is 0. The van der Waals surface area contributed by atoms with Crippen molar-refractivity contribution in [2.75, 3.05) is 5.73 Å². The van der Waals surface area contributed by atoms with Gasteiger partial charge in [0.2, 0.25) is 0 Å². The molecule has 86 valence electrons. The number of thioether (sulfide) groups is 1. The standard InChI is InChI=1S/C8H8F2N4S2/c9-7(10)14-2-1-12-5(14)4-15-6-3-13-8(11)16-6/h1-3,7H,4H2,(H2,11,13). The molecule has 2 aromatic heterocycles. The van der Waals surface area contributed by atoms with Gasteiger partial charge in [-0.15, -0.1) is 11.8 Å². The fourth-order valence-electron chi connectivity index (χ4n) is 1.11. The highest BCUT2D eigenvalue weighted by Crippen LogP contribution is 2.29. The third-order valence-electron chi connectivity index (χ3n) is 1.81. The molecule has 0 aromatic carbocycles. The minimum Gasteiger partial charge on any atom is -0.375 e. The molecular formula is C8H8F2N4S2. The van der Waals surface area contributed by atoms with E-state index in [2.05, 4.69) is 9.97 Å². The number of nitrogen functional groups attached to an aromatic ring is 1. The quantitative estimate of drug-likeness (QED) is 0.860. The van der Waals surface area contributed by atoms with Crippen molar-refractivity contribution >= 4 is 28.2 Å². The van der Waals surface area contributed by atoms with Gasteiger partial charge in [-0.25, -0.2) is 9.97 Å². The van der Waals surface area contributed by atoms with Gasteiger partial charge in [-0.3, -0.25) is 4.57 Å². The van der Waals surface area contributed by atoms with E-state index in [0.717, 1.165) is 8.78 Å². The summed E-state index contributed by atoms with van der Waals surface area (Å²) >= 11 is 2.72. The summed E-state index contributed by atoms with van der Waals surface area (Å²) in [6, 6.07) is 0. The van der Waals surface area contributed by atoms with E-state index >= 15 is 0 Å². The Labute approximate surface area is 98.5 Å². The molecular weight excluding hydrogens is 254 g/mol. The minimum absolute atomic E-state index is 0.340. The number of imidazole rings is 1. The second-order valence-electron chi connectivity index (χ2n) is 2.83. The van der Waals surface area contributed by atoms with Gasteiger partial charge in [-0.2, -0.15) is 8.78 Å². The molecule has 0 aliphatic carbocycles. The Morgan fingerprint density at radius 3 is 2.94 bits per heavy atom. The van der Waals surface area contributed by atoms with E-state index in [0.29, 0.717) is 16.7 Å². The molecule has 4 nitrogen and oxygen atoms in total. The molecule has 0 saturated carbocycles. The molecule has 2 rings (SSSR count). The number of hydrogen-bond donors (Lipinski definition) is 1. The molecule has 0 atom stereocenters. The van der Waals surface area contributed by atoms with Crippen LogP contribution >= 0.6 is 23.1 Å². The highest BCUT2D eigenvalue weighted by Gasteiger charge is 2.11. The summed E-state index contributed by atoms with van der Waals surface area (Å²) < 4.78 is 26.7. The number of anilines is 1. The molecule has 0 fully saturated rings. The summed E-state index contributed by atoms with van der Waals surface area (Å²) in [5, 5.41) is 0.472. The smallest absolute Gasteiger partial charge is 0.319 e. The van der Waals surface area contributed by atoms with Crippen molar-refractivity contribution < 1.29 is 8.78 Å². The molecule has 0 radical (unpaired) electrons. The van der Waals surface area contributed by atoms with Crippen molar-refractivity contribution in [2.45, 2.75) is 16.5 Å². The van der Waals surface area contributed by atoms with Crippen LogP contribution in [-0.2, 0) is 5.75 Å². The van der Waals surface area contributed by atoms with Crippen molar-refractivity contribution in [1.29, 1.82) is 0 Å². The van der Waals surface area contributed by atoms with Crippen LogP contribution in [0.1, 0.15) is 12.4 Å². The lowest BCUT2D eigenvalue weighted by molar-refractivity contribution is 0.0678. The molecule has 0 amide bonds. The predicted molar refractivity (Wildman–Crippen MR) is 59.6 cm³/mol. The molecule has 2 aromatic rings. The van der Waals surface area contributed by atoms with Gasteiger partial charge in [0.05, 0.1) is 16.2 Å². The van der Waals surface area contributed by atoms with Crippen LogP contribution < -0.4 is 5.73 Å². The minimum atomic E-state index is -2.55. The largest absolute Gasteiger partial charge is 0.375 e. The van der Waals surface area contributed by atoms with Crippen LogP contribution in [0.3, 0.4) is 0 Å². The molecule has 0 unspecified atom stereocenters. The molecule has 0 aliphatic rings. The third-order valence-corrected chi connectivity index (χ3v) is 3.82. The number of aromatic nitrogens is 3. The Balaban J connectivity index is 2.02. The van der Waals surface area contributed by atoms with Crippen LogP contribution in [0, 0.1) is 0 Å². The molecule has 0 saturated heterocycles. The van der Waals surface area contributed by atoms with Gasteiger partial charge in [0.15, 0.2) is 5.13 Å². The van der Waals surface area contributed by atoms with E-state index in [1.807, 2.05) is 0 Å². The third kappa shape index (κ3) is 2.50. The first-order valence-corrected chi connectivity index (χ1v) is 6.11. The highest BCUT2D eigenvalue weighted by atomic mass is 32.2. The number of hydrogen-bond acceptors (Lipinski definition) is 5. The average Bonchev–Trinajstić information content (AvgIpc) is 2.83. The van der Waals surface area contributed by atoms with Crippen molar-refractivity contribution in [1.82, 2.24) is 14.5 Å². The number of halogens is 2. The van der Waals surface area contributed by atoms with Crippen molar-refractivity contribution in [3.63, 3.8) is 0 Å². The highest BCUT2D eigenvalue weighted by molar-refractivity contribution is 8.00. The number of alkyl halides is 2. The van der Waals surface area contributed by atoms with Crippen LogP contribution in [0.25, 0.3) is 0 Å². The molecule has 0 bridgehead atoms. The normalized spacial score (nSPS) is 11.2. The van der Waals surface area contributed by atoms with Crippen molar-refractivity contribution in [3.8, 4) is 0 Å². The SMILES string of the molecule is Nc1ncc(SCc2nccn2C(F)F)s1. The maximum absolute atomic E-state index is 12.5. The number of thiazole rings is 1. The monoisotopic (exact) mass is 262 g/mol. The van der Waals surface area contributed by atoms with Gasteiger partial charge < -0.3 is 5.73 Å². The Morgan fingerprint density at radius 2 is 2.31 bits per heavy atom. The summed E-state index contributed by atoms with van der Waals surface area (Å²) in [4.78, 5) is 7.75. The van der Waals surface area contributed by atoms with Crippen molar-refractivity contribution in [2.24, 2.45) is 0 Å². The van der Waals surface area contributed by atoms with Crippen LogP contribution in [0.5, 0.6) is 0 Å². The summed E-state index contributed by atoms with van der Waals surface area (Å²) in [6.07, 6.45) is 4.25. The second-order valence-corrected chi connectivity index (χ2v) is 5.17. The molecule has 8 heteroatoms. The van der Waals surface area contributed by atoms with Crippen molar-refractivity contribution in [3.05, 3.63) is 24.4 Å². The van der Waals surface area contributed by atoms with E-state index in [1.165, 1.54) is 35.5 Å². The Kier molecular flexibility index (Phi) is 3.39. The number of nitrogens with zero attached hydrogens (tertiary/aromatic N) is 3. The van der Waals surface area contributed by atoms with Gasteiger partial charge in [-0.1, -0.05) is 11.3 Å². The molecule has 0 aliphatic heterocycles. The van der Waals surface area contributed by atoms with Crippen LogP contribution in [-0.4, -0.2) is 14.5 Å². The Hall–Kier alpha value is -1.15. The summed E-state index contributed by atoms with van der Waals surface area (Å²) in [5.41, 5.74) is 5.46. The first-order chi connectivity index (χ1) is 7.66. The number of rotatable bonds is 4. The van der Waals surface area contributed by atoms with Gasteiger partial charge in [-0.05, 0) is 0 Å². The Morgan fingerprint density at radius 1 is 1.50 bits per heavy atom. The van der Waals surface area contributed by atoms with E-state index < -0.39 is 6.55 Å². The molecule has 2 N–H and O–H groups in total. The maximum Gasteiger partial charge on any atom is 0.319 e. The van der Waals surface area contributed by atoms with E-state index in [9.17, 15) is 8.78 Å². The first-order valence-electron chi connectivity index (χ1n) is 4.31. The number of nitrogens with two attached hydrogens (primary N) is 1. The average molecular weight is 262 g/mol. The van der Waals surface area contributed by atoms with Gasteiger partial charge in [0.1, 0.15) is 5.82 Å². The van der Waals surface area contributed by atoms with Gasteiger partial charge in [0.25, 0.3) is 0 Å². The van der Waals surface area contributed by atoms with Crippen LogP contribution in [0.4, 0.5) is 13.9 Å². The lowest BCUT2D eigenvalue weighted by atomic mass is 10.7. The lowest BCUT2D eigenvalue weighted by Gasteiger charge is -2.04. The molecule has 0 spiro atoms. The van der Waals surface area contributed by atoms with Gasteiger partial charge >= 0.3 is 6.55 Å².